The van der Waals surface area contributed by atoms with Gasteiger partial charge < -0.3 is 9.72 Å². The number of benzene rings is 2. The summed E-state index contributed by atoms with van der Waals surface area (Å²) in [6.45, 7) is 2.76. The first-order chi connectivity index (χ1) is 9.38. The molecule has 0 aliphatic carbocycles. The van der Waals surface area contributed by atoms with E-state index in [0.717, 1.165) is 17.7 Å². The fourth-order valence-electron chi connectivity index (χ4n) is 2.33. The Hall–Kier alpha value is -2.22. The van der Waals surface area contributed by atoms with Crippen LogP contribution < -0.4 is 4.74 Å². The zero-order valence-electron chi connectivity index (χ0n) is 11.0. The molecule has 3 rings (SSSR count). The summed E-state index contributed by atoms with van der Waals surface area (Å²) in [4.78, 5) is 3.32. The van der Waals surface area contributed by atoms with Crippen LogP contribution in [0.25, 0.3) is 10.9 Å². The van der Waals surface area contributed by atoms with Crippen molar-refractivity contribution in [1.29, 1.82) is 0 Å². The van der Waals surface area contributed by atoms with Crippen LogP contribution in [0.15, 0.2) is 54.7 Å². The second-order valence-corrected chi connectivity index (χ2v) is 4.62. The maximum atomic E-state index is 5.93. The average molecular weight is 251 g/mol. The van der Waals surface area contributed by atoms with Gasteiger partial charge in [0.1, 0.15) is 12.4 Å². The summed E-state index contributed by atoms with van der Waals surface area (Å²) < 4.78 is 5.93. The van der Waals surface area contributed by atoms with Crippen LogP contribution in [0.2, 0.25) is 0 Å². The minimum atomic E-state index is 0.598. The number of para-hydroxylation sites is 1. The number of aryl methyl sites for hydroxylation is 1. The molecule has 0 bridgehead atoms. The van der Waals surface area contributed by atoms with Crippen molar-refractivity contribution >= 4 is 10.9 Å². The monoisotopic (exact) mass is 251 g/mol. The highest BCUT2D eigenvalue weighted by Gasteiger charge is 2.07. The Kier molecular flexibility index (Phi) is 3.23. The van der Waals surface area contributed by atoms with E-state index < -0.39 is 0 Å². The minimum Gasteiger partial charge on any atom is -0.487 e. The summed E-state index contributed by atoms with van der Waals surface area (Å²) in [6.07, 6.45) is 3.10. The normalized spacial score (nSPS) is 10.8. The number of aromatic nitrogens is 1. The Morgan fingerprint density at radius 2 is 1.84 bits per heavy atom. The van der Waals surface area contributed by atoms with Crippen molar-refractivity contribution in [3.8, 4) is 5.75 Å². The van der Waals surface area contributed by atoms with Crippen LogP contribution in [-0.2, 0) is 13.0 Å². The van der Waals surface area contributed by atoms with E-state index in [-0.39, 0.29) is 0 Å². The summed E-state index contributed by atoms with van der Waals surface area (Å²) in [5.74, 6) is 0.918. The molecule has 0 spiro atoms. The molecule has 19 heavy (non-hydrogen) atoms. The van der Waals surface area contributed by atoms with Gasteiger partial charge in [0.2, 0.25) is 0 Å². The van der Waals surface area contributed by atoms with E-state index in [1.807, 2.05) is 24.3 Å². The highest BCUT2D eigenvalue weighted by atomic mass is 16.5. The summed E-state index contributed by atoms with van der Waals surface area (Å²) >= 11 is 0. The van der Waals surface area contributed by atoms with Gasteiger partial charge in [-0.1, -0.05) is 49.4 Å². The molecule has 0 aliphatic heterocycles. The number of H-pyrrole nitrogens is 1. The molecule has 0 amide bonds. The quantitative estimate of drug-likeness (QED) is 0.734. The summed E-state index contributed by atoms with van der Waals surface area (Å²) in [6, 6.07) is 16.4. The highest BCUT2D eigenvalue weighted by molar-refractivity contribution is 5.88. The van der Waals surface area contributed by atoms with E-state index >= 15 is 0 Å². The Labute approximate surface area is 113 Å². The van der Waals surface area contributed by atoms with Gasteiger partial charge in [-0.2, -0.15) is 0 Å². The van der Waals surface area contributed by atoms with Crippen molar-refractivity contribution in [2.24, 2.45) is 0 Å². The molecule has 0 saturated carbocycles. The van der Waals surface area contributed by atoms with E-state index in [0.29, 0.717) is 6.61 Å². The van der Waals surface area contributed by atoms with Gasteiger partial charge in [0.25, 0.3) is 0 Å². The van der Waals surface area contributed by atoms with Gasteiger partial charge in [-0.3, -0.25) is 0 Å². The predicted octanol–water partition coefficient (Wildman–Crippen LogP) is 4.31. The summed E-state index contributed by atoms with van der Waals surface area (Å²) in [7, 11) is 0. The first-order valence-corrected chi connectivity index (χ1v) is 6.64. The number of aromatic amines is 1. The van der Waals surface area contributed by atoms with Crippen LogP contribution in [0.4, 0.5) is 0 Å². The van der Waals surface area contributed by atoms with Gasteiger partial charge in [-0.05, 0) is 23.6 Å². The van der Waals surface area contributed by atoms with E-state index in [1.165, 1.54) is 16.5 Å². The van der Waals surface area contributed by atoms with Crippen LogP contribution >= 0.6 is 0 Å². The predicted molar refractivity (Wildman–Crippen MR) is 78.5 cm³/mol. The second-order valence-electron chi connectivity index (χ2n) is 4.62. The Morgan fingerprint density at radius 3 is 2.63 bits per heavy atom. The largest absolute Gasteiger partial charge is 0.487 e. The maximum absolute atomic E-state index is 5.93. The molecular weight excluding hydrogens is 234 g/mol. The van der Waals surface area contributed by atoms with E-state index in [4.69, 9.17) is 4.74 Å². The van der Waals surface area contributed by atoms with Gasteiger partial charge in [0, 0.05) is 11.6 Å². The molecule has 2 aromatic carbocycles. The van der Waals surface area contributed by atoms with Gasteiger partial charge in [0.15, 0.2) is 0 Å². The van der Waals surface area contributed by atoms with Crippen LogP contribution in [0.5, 0.6) is 5.75 Å². The smallest absolute Gasteiger partial charge is 0.143 e. The van der Waals surface area contributed by atoms with Crippen molar-refractivity contribution in [3.05, 3.63) is 65.9 Å². The van der Waals surface area contributed by atoms with Gasteiger partial charge in [-0.25, -0.2) is 0 Å². The highest BCUT2D eigenvalue weighted by Crippen LogP contribution is 2.28. The molecule has 2 heteroatoms. The van der Waals surface area contributed by atoms with E-state index in [9.17, 15) is 0 Å². The van der Waals surface area contributed by atoms with E-state index in [1.54, 1.807) is 0 Å². The van der Waals surface area contributed by atoms with Crippen molar-refractivity contribution in [3.63, 3.8) is 0 Å². The molecular formula is C17H17NO. The zero-order valence-corrected chi connectivity index (χ0v) is 11.0. The first-order valence-electron chi connectivity index (χ1n) is 6.64. The molecule has 1 heterocycles. The molecule has 0 aliphatic rings. The lowest BCUT2D eigenvalue weighted by Gasteiger charge is -2.07. The van der Waals surface area contributed by atoms with Gasteiger partial charge >= 0.3 is 0 Å². The number of rotatable bonds is 4. The number of ether oxygens (including phenoxy) is 1. The van der Waals surface area contributed by atoms with Crippen molar-refractivity contribution in [1.82, 2.24) is 4.98 Å². The molecule has 96 valence electrons. The third-order valence-electron chi connectivity index (χ3n) is 3.38. The second kappa shape index (κ2) is 5.19. The van der Waals surface area contributed by atoms with Crippen molar-refractivity contribution in [2.45, 2.75) is 20.0 Å². The molecule has 2 nitrogen and oxygen atoms in total. The number of hydrogen-bond acceptors (Lipinski definition) is 1. The molecule has 3 aromatic rings. The maximum Gasteiger partial charge on any atom is 0.143 e. The molecule has 0 atom stereocenters. The fraction of sp³-hybridized carbons (Fsp3) is 0.176. The molecule has 0 radical (unpaired) electrons. The molecule has 0 fully saturated rings. The Balaban J connectivity index is 1.87. The van der Waals surface area contributed by atoms with Crippen molar-refractivity contribution < 1.29 is 4.74 Å². The van der Waals surface area contributed by atoms with Crippen LogP contribution in [-0.4, -0.2) is 4.98 Å². The van der Waals surface area contributed by atoms with Crippen LogP contribution in [0.3, 0.4) is 0 Å². The Morgan fingerprint density at radius 1 is 1.00 bits per heavy atom. The fourth-order valence-corrected chi connectivity index (χ4v) is 2.33. The molecule has 1 N–H and O–H groups in total. The lowest BCUT2D eigenvalue weighted by atomic mass is 10.1. The Bertz CT molecular complexity index is 670. The molecule has 0 saturated heterocycles. The number of nitrogens with one attached hydrogen (secondary N) is 1. The summed E-state index contributed by atoms with van der Waals surface area (Å²) in [5, 5.41) is 1.26. The lowest BCUT2D eigenvalue weighted by molar-refractivity contribution is 0.309. The molecule has 0 unspecified atom stereocenters. The average Bonchev–Trinajstić information content (AvgIpc) is 2.90. The third-order valence-corrected chi connectivity index (χ3v) is 3.38. The van der Waals surface area contributed by atoms with Crippen LogP contribution in [0.1, 0.15) is 18.1 Å². The third kappa shape index (κ3) is 2.34. The number of fused-ring (bicyclic) bond motifs is 1. The van der Waals surface area contributed by atoms with Gasteiger partial charge in [-0.15, -0.1) is 0 Å². The molecule has 1 aromatic heterocycles. The first kappa shape index (κ1) is 11.8. The number of hydrogen-bond donors (Lipinski definition) is 1. The van der Waals surface area contributed by atoms with Crippen LogP contribution in [0, 0.1) is 0 Å². The topological polar surface area (TPSA) is 25.0 Å². The minimum absolute atomic E-state index is 0.598. The zero-order chi connectivity index (χ0) is 13.1. The standard InChI is InChI=1S/C17H17NO/c1-2-14-11-18-17-15(14)9-6-10-16(17)19-12-13-7-4-3-5-8-13/h3-11,18H,2,12H2,1H3. The van der Waals surface area contributed by atoms with E-state index in [2.05, 4.69) is 42.4 Å². The SMILES string of the molecule is CCc1c[nH]c2c(OCc3ccccc3)cccc12. The lowest BCUT2D eigenvalue weighted by Crippen LogP contribution is -1.95. The van der Waals surface area contributed by atoms with Crippen molar-refractivity contribution in [2.75, 3.05) is 0 Å². The summed E-state index contributed by atoms with van der Waals surface area (Å²) in [5.41, 5.74) is 3.61. The van der Waals surface area contributed by atoms with Gasteiger partial charge in [0.05, 0.1) is 5.52 Å².